The Bertz CT molecular complexity index is 4820. The normalized spacial score (nSPS) is 13.6. The molecule has 0 amide bonds. The number of hydrogen-bond acceptors (Lipinski definition) is 5. The minimum atomic E-state index is -0.269. The van der Waals surface area contributed by atoms with Crippen LogP contribution in [-0.4, -0.2) is 24.1 Å². The van der Waals surface area contributed by atoms with Gasteiger partial charge in [-0.3, -0.25) is 0 Å². The van der Waals surface area contributed by atoms with E-state index in [4.69, 9.17) is 15.0 Å². The molecule has 0 fully saturated rings. The summed E-state index contributed by atoms with van der Waals surface area (Å²) in [5.74, 6) is 1.34. The molecule has 2 aliphatic carbocycles. The Hall–Kier alpha value is -10.2. The first kappa shape index (κ1) is 45.2. The smallest absolute Gasteiger partial charge is 0.166 e. The van der Waals surface area contributed by atoms with Crippen LogP contribution in [0.5, 0.6) is 0 Å². The van der Waals surface area contributed by atoms with Crippen molar-refractivity contribution in [1.82, 2.24) is 24.1 Å². The lowest BCUT2D eigenvalue weighted by Gasteiger charge is -2.23. The molecular weight excluding hydrogens is 951 g/mol. The molecule has 10 aromatic carbocycles. The molecule has 3 heterocycles. The maximum atomic E-state index is 10.7. The topological polar surface area (TPSA) is 96.1 Å². The zero-order chi connectivity index (χ0) is 52.6. The standard InChI is InChI=1S/C71H47N7/c1-70(2)55-26-14-10-22-47(55)49-32-36-61-63(65(49)70)51-24-12-16-28-57(51)77(61)59-34-30-42(40-72)38-53(59)68-74-67(43-18-6-5-7-19-43)75-69(76-68)54-39-44(46-21-9-8-20-45(46)41-73)31-35-60(54)78-58-29-17-13-25-52(58)64-62(78)37-33-50-48-23-11-15-27-56(48)71(3,4)66(50)64/h5-39H,1-4H3. The van der Waals surface area contributed by atoms with Gasteiger partial charge in [0.2, 0.25) is 0 Å². The first-order valence-corrected chi connectivity index (χ1v) is 26.5. The molecule has 2 aliphatic rings. The Morgan fingerprint density at radius 1 is 0.359 bits per heavy atom. The van der Waals surface area contributed by atoms with Gasteiger partial charge in [0, 0.05) is 49.1 Å². The van der Waals surface area contributed by atoms with Crippen molar-refractivity contribution in [3.63, 3.8) is 0 Å². The van der Waals surface area contributed by atoms with Gasteiger partial charge in [0.25, 0.3) is 0 Å². The first-order chi connectivity index (χ1) is 38.1. The van der Waals surface area contributed by atoms with Crippen molar-refractivity contribution >= 4 is 43.6 Å². The summed E-state index contributed by atoms with van der Waals surface area (Å²) in [4.78, 5) is 16.5. The summed E-state index contributed by atoms with van der Waals surface area (Å²) in [7, 11) is 0. The van der Waals surface area contributed by atoms with E-state index < -0.39 is 0 Å². The molecule has 0 radical (unpaired) electrons. The second-order valence-corrected chi connectivity index (χ2v) is 21.7. The molecule has 15 rings (SSSR count). The highest BCUT2D eigenvalue weighted by Gasteiger charge is 2.40. The van der Waals surface area contributed by atoms with Crippen LogP contribution in [0.3, 0.4) is 0 Å². The fourth-order valence-corrected chi connectivity index (χ4v) is 13.4. The molecule has 13 aromatic rings. The van der Waals surface area contributed by atoms with Crippen molar-refractivity contribution in [3.05, 3.63) is 246 Å². The van der Waals surface area contributed by atoms with Crippen molar-refractivity contribution in [2.24, 2.45) is 0 Å². The third-order valence-electron chi connectivity index (χ3n) is 16.8. The molecule has 0 atom stereocenters. The quantitative estimate of drug-likeness (QED) is 0.165. The van der Waals surface area contributed by atoms with Crippen molar-refractivity contribution in [2.45, 2.75) is 38.5 Å². The molecular formula is C71H47N7. The Morgan fingerprint density at radius 2 is 0.833 bits per heavy atom. The second-order valence-electron chi connectivity index (χ2n) is 21.7. The summed E-state index contributed by atoms with van der Waals surface area (Å²) in [6.45, 7) is 9.35. The molecule has 0 unspecified atom stereocenters. The largest absolute Gasteiger partial charge is 0.308 e. The fourth-order valence-electron chi connectivity index (χ4n) is 13.4. The average Bonchev–Trinajstić information content (AvgIpc) is 3.89. The Kier molecular flexibility index (Phi) is 9.65. The maximum absolute atomic E-state index is 10.7. The molecule has 0 bridgehead atoms. The summed E-state index contributed by atoms with van der Waals surface area (Å²) in [5, 5.41) is 25.9. The number of hydrogen-bond donors (Lipinski definition) is 0. The average molecular weight is 998 g/mol. The van der Waals surface area contributed by atoms with E-state index in [1.807, 2.05) is 72.8 Å². The number of benzene rings is 10. The maximum Gasteiger partial charge on any atom is 0.166 e. The lowest BCUT2D eigenvalue weighted by atomic mass is 9.80. The zero-order valence-electron chi connectivity index (χ0n) is 43.3. The van der Waals surface area contributed by atoms with Gasteiger partial charge in [-0.1, -0.05) is 179 Å². The third-order valence-corrected chi connectivity index (χ3v) is 16.8. The van der Waals surface area contributed by atoms with Gasteiger partial charge in [-0.05, 0) is 116 Å². The Labute approximate surface area is 451 Å². The first-order valence-electron chi connectivity index (χ1n) is 26.5. The summed E-state index contributed by atoms with van der Waals surface area (Å²) in [6.07, 6.45) is 0. The second kappa shape index (κ2) is 16.6. The van der Waals surface area contributed by atoms with Gasteiger partial charge in [0.1, 0.15) is 0 Å². The molecule has 7 heteroatoms. The number of nitriles is 2. The number of para-hydroxylation sites is 2. The van der Waals surface area contributed by atoms with Crippen LogP contribution < -0.4 is 0 Å². The molecule has 0 saturated carbocycles. The number of fused-ring (bicyclic) bond motifs is 14. The lowest BCUT2D eigenvalue weighted by Crippen LogP contribution is -2.15. The van der Waals surface area contributed by atoms with E-state index in [1.165, 1.54) is 55.3 Å². The number of nitrogens with zero attached hydrogens (tertiary/aromatic N) is 7. The SMILES string of the molecule is CC1(C)c2ccccc2-c2ccc3c(c21)c1ccccc1n3-c1ccc(C#N)cc1-c1nc(-c2ccccc2)nc(-c2cc(-c3ccccc3C#N)ccc2-n2c3ccccc3c3c4c(ccc32)-c2ccccc2C4(C)C)n1. The Balaban J connectivity index is 1.03. The van der Waals surface area contributed by atoms with Gasteiger partial charge >= 0.3 is 0 Å². The van der Waals surface area contributed by atoms with Crippen LogP contribution in [0.4, 0.5) is 0 Å². The molecule has 0 spiro atoms. The van der Waals surface area contributed by atoms with Crippen LogP contribution in [-0.2, 0) is 10.8 Å². The van der Waals surface area contributed by atoms with Crippen molar-refractivity contribution in [1.29, 1.82) is 10.5 Å². The minimum absolute atomic E-state index is 0.265. The summed E-state index contributed by atoms with van der Waals surface area (Å²) in [6, 6.07) is 78.9. The highest BCUT2D eigenvalue weighted by Crippen LogP contribution is 2.55. The van der Waals surface area contributed by atoms with E-state index in [2.05, 4.69) is 188 Å². The van der Waals surface area contributed by atoms with Gasteiger partial charge in [-0.15, -0.1) is 0 Å². The van der Waals surface area contributed by atoms with Gasteiger partial charge in [0.05, 0.1) is 56.7 Å². The van der Waals surface area contributed by atoms with E-state index in [0.717, 1.165) is 66.5 Å². The van der Waals surface area contributed by atoms with Crippen LogP contribution in [0.1, 0.15) is 61.1 Å². The van der Waals surface area contributed by atoms with E-state index in [1.54, 1.807) is 0 Å². The minimum Gasteiger partial charge on any atom is -0.308 e. The van der Waals surface area contributed by atoms with Crippen LogP contribution >= 0.6 is 0 Å². The van der Waals surface area contributed by atoms with Crippen molar-refractivity contribution < 1.29 is 0 Å². The summed E-state index contributed by atoms with van der Waals surface area (Å²) in [5.41, 5.74) is 20.6. The zero-order valence-corrected chi connectivity index (χ0v) is 43.3. The van der Waals surface area contributed by atoms with Crippen LogP contribution in [0.2, 0.25) is 0 Å². The van der Waals surface area contributed by atoms with Crippen molar-refractivity contribution in [3.8, 4) is 91.1 Å². The predicted octanol–water partition coefficient (Wildman–Crippen LogP) is 17.1. The highest BCUT2D eigenvalue weighted by atomic mass is 15.1. The lowest BCUT2D eigenvalue weighted by molar-refractivity contribution is 0.666. The van der Waals surface area contributed by atoms with Gasteiger partial charge in [-0.2, -0.15) is 10.5 Å². The summed E-state index contributed by atoms with van der Waals surface area (Å²) >= 11 is 0. The van der Waals surface area contributed by atoms with Crippen molar-refractivity contribution in [2.75, 3.05) is 0 Å². The summed E-state index contributed by atoms with van der Waals surface area (Å²) < 4.78 is 4.69. The Morgan fingerprint density at radius 3 is 1.40 bits per heavy atom. The van der Waals surface area contributed by atoms with Crippen LogP contribution in [0.15, 0.2) is 212 Å². The molecule has 0 N–H and O–H groups in total. The van der Waals surface area contributed by atoms with Gasteiger partial charge < -0.3 is 9.13 Å². The van der Waals surface area contributed by atoms with E-state index in [-0.39, 0.29) is 10.8 Å². The predicted molar refractivity (Wildman–Crippen MR) is 315 cm³/mol. The van der Waals surface area contributed by atoms with Crippen LogP contribution in [0.25, 0.3) is 123 Å². The molecule has 0 aliphatic heterocycles. The fraction of sp³-hybridized carbons (Fsp3) is 0.0845. The molecule has 3 aromatic heterocycles. The van der Waals surface area contributed by atoms with Gasteiger partial charge in [-0.25, -0.2) is 15.0 Å². The molecule has 7 nitrogen and oxygen atoms in total. The number of aromatic nitrogens is 5. The number of rotatable bonds is 6. The monoisotopic (exact) mass is 997 g/mol. The highest BCUT2D eigenvalue weighted by molar-refractivity contribution is 6.16. The van der Waals surface area contributed by atoms with Crippen LogP contribution in [0, 0.1) is 22.7 Å². The van der Waals surface area contributed by atoms with E-state index in [0.29, 0.717) is 34.2 Å². The molecule has 366 valence electrons. The van der Waals surface area contributed by atoms with E-state index >= 15 is 0 Å². The van der Waals surface area contributed by atoms with E-state index in [9.17, 15) is 10.5 Å². The molecule has 78 heavy (non-hydrogen) atoms. The van der Waals surface area contributed by atoms with Gasteiger partial charge in [0.15, 0.2) is 17.5 Å². The third kappa shape index (κ3) is 6.34. The molecule has 0 saturated heterocycles.